The zero-order valence-corrected chi connectivity index (χ0v) is 10.8. The SMILES string of the molecule is Cn1cc(CNc2ccc(Cl)c(C(F)(F)F)c2)cn1. The van der Waals surface area contributed by atoms with Crippen LogP contribution < -0.4 is 5.32 Å². The number of aromatic nitrogens is 2. The van der Waals surface area contributed by atoms with E-state index >= 15 is 0 Å². The number of alkyl halides is 3. The lowest BCUT2D eigenvalue weighted by Crippen LogP contribution is -2.07. The third kappa shape index (κ3) is 3.41. The molecule has 0 fully saturated rings. The van der Waals surface area contributed by atoms with Gasteiger partial charge in [-0.05, 0) is 18.2 Å². The average Bonchev–Trinajstić information content (AvgIpc) is 2.72. The number of anilines is 1. The molecule has 1 aromatic carbocycles. The molecule has 0 unspecified atom stereocenters. The van der Waals surface area contributed by atoms with Gasteiger partial charge in [-0.3, -0.25) is 4.68 Å². The molecule has 0 radical (unpaired) electrons. The molecule has 19 heavy (non-hydrogen) atoms. The van der Waals surface area contributed by atoms with Crippen LogP contribution in [-0.2, 0) is 19.8 Å². The Morgan fingerprint density at radius 1 is 1.37 bits per heavy atom. The second kappa shape index (κ2) is 5.13. The molecule has 2 rings (SSSR count). The van der Waals surface area contributed by atoms with Crippen molar-refractivity contribution in [3.63, 3.8) is 0 Å². The van der Waals surface area contributed by atoms with Gasteiger partial charge in [0.1, 0.15) is 0 Å². The monoisotopic (exact) mass is 289 g/mol. The fourth-order valence-corrected chi connectivity index (χ4v) is 1.84. The second-order valence-corrected chi connectivity index (χ2v) is 4.48. The van der Waals surface area contributed by atoms with Crippen LogP contribution in [0.25, 0.3) is 0 Å². The van der Waals surface area contributed by atoms with Crippen LogP contribution in [0, 0.1) is 0 Å². The minimum atomic E-state index is -4.46. The minimum Gasteiger partial charge on any atom is -0.381 e. The van der Waals surface area contributed by atoms with E-state index in [1.165, 1.54) is 12.1 Å². The number of aryl methyl sites for hydroxylation is 1. The first-order valence-electron chi connectivity index (χ1n) is 5.44. The molecule has 1 aromatic heterocycles. The Bertz CT molecular complexity index is 578. The number of rotatable bonds is 3. The van der Waals surface area contributed by atoms with E-state index in [1.54, 1.807) is 24.1 Å². The van der Waals surface area contributed by atoms with Crippen molar-refractivity contribution in [3.05, 3.63) is 46.7 Å². The fraction of sp³-hybridized carbons (Fsp3) is 0.250. The molecule has 0 spiro atoms. The predicted molar refractivity (Wildman–Crippen MR) is 67.0 cm³/mol. The van der Waals surface area contributed by atoms with Crippen LogP contribution in [0.4, 0.5) is 18.9 Å². The summed E-state index contributed by atoms with van der Waals surface area (Å²) in [6.07, 6.45) is -1.02. The van der Waals surface area contributed by atoms with Crippen molar-refractivity contribution >= 4 is 17.3 Å². The maximum atomic E-state index is 12.7. The Morgan fingerprint density at radius 2 is 2.11 bits per heavy atom. The Hall–Kier alpha value is -1.69. The van der Waals surface area contributed by atoms with Crippen LogP contribution in [0.2, 0.25) is 5.02 Å². The van der Waals surface area contributed by atoms with Crippen LogP contribution in [0.1, 0.15) is 11.1 Å². The highest BCUT2D eigenvalue weighted by Gasteiger charge is 2.33. The van der Waals surface area contributed by atoms with E-state index in [4.69, 9.17) is 11.6 Å². The molecule has 0 aliphatic carbocycles. The van der Waals surface area contributed by atoms with Gasteiger partial charge in [0.25, 0.3) is 0 Å². The van der Waals surface area contributed by atoms with E-state index in [0.29, 0.717) is 12.2 Å². The molecule has 102 valence electrons. The van der Waals surface area contributed by atoms with Crippen LogP contribution in [0.3, 0.4) is 0 Å². The van der Waals surface area contributed by atoms with Crippen molar-refractivity contribution in [3.8, 4) is 0 Å². The molecular formula is C12H11ClF3N3. The Labute approximate surface area is 113 Å². The molecule has 0 atom stereocenters. The van der Waals surface area contributed by atoms with E-state index in [2.05, 4.69) is 10.4 Å². The summed E-state index contributed by atoms with van der Waals surface area (Å²) in [6, 6.07) is 3.74. The van der Waals surface area contributed by atoms with E-state index in [1.807, 2.05) is 0 Å². The van der Waals surface area contributed by atoms with Gasteiger partial charge in [-0.2, -0.15) is 18.3 Å². The Morgan fingerprint density at radius 3 is 2.68 bits per heavy atom. The highest BCUT2D eigenvalue weighted by atomic mass is 35.5. The quantitative estimate of drug-likeness (QED) is 0.933. The number of nitrogens with one attached hydrogen (secondary N) is 1. The molecule has 0 saturated carbocycles. The number of halogens is 4. The van der Waals surface area contributed by atoms with Gasteiger partial charge in [-0.1, -0.05) is 11.6 Å². The minimum absolute atomic E-state index is 0.306. The van der Waals surface area contributed by atoms with Crippen LogP contribution in [0.15, 0.2) is 30.6 Å². The molecule has 7 heteroatoms. The zero-order chi connectivity index (χ0) is 14.0. The lowest BCUT2D eigenvalue weighted by Gasteiger charge is -2.11. The van der Waals surface area contributed by atoms with Gasteiger partial charge < -0.3 is 5.32 Å². The molecule has 0 saturated heterocycles. The lowest BCUT2D eigenvalue weighted by atomic mass is 10.2. The fourth-order valence-electron chi connectivity index (χ4n) is 1.62. The van der Waals surface area contributed by atoms with Crippen LogP contribution >= 0.6 is 11.6 Å². The number of nitrogens with zero attached hydrogens (tertiary/aromatic N) is 2. The highest BCUT2D eigenvalue weighted by molar-refractivity contribution is 6.31. The topological polar surface area (TPSA) is 29.9 Å². The molecule has 0 aliphatic heterocycles. The standard InChI is InChI=1S/C12H11ClF3N3/c1-19-7-8(6-18-19)5-17-9-2-3-11(13)10(4-9)12(14,15)16/h2-4,6-7,17H,5H2,1H3. The van der Waals surface area contributed by atoms with Crippen molar-refractivity contribution in [2.45, 2.75) is 12.7 Å². The number of benzene rings is 1. The summed E-state index contributed by atoms with van der Waals surface area (Å²) in [5, 5.41) is 6.57. The van der Waals surface area contributed by atoms with Gasteiger partial charge in [0, 0.05) is 31.0 Å². The Kier molecular flexibility index (Phi) is 3.71. The molecule has 1 heterocycles. The molecule has 0 aliphatic rings. The summed E-state index contributed by atoms with van der Waals surface area (Å²) in [4.78, 5) is 0. The summed E-state index contributed by atoms with van der Waals surface area (Å²) < 4.78 is 39.6. The first kappa shape index (κ1) is 13.7. The lowest BCUT2D eigenvalue weighted by molar-refractivity contribution is -0.137. The van der Waals surface area contributed by atoms with Crippen LogP contribution in [-0.4, -0.2) is 9.78 Å². The van der Waals surface area contributed by atoms with Gasteiger partial charge >= 0.3 is 6.18 Å². The van der Waals surface area contributed by atoms with E-state index in [9.17, 15) is 13.2 Å². The van der Waals surface area contributed by atoms with Crippen molar-refractivity contribution in [1.82, 2.24) is 9.78 Å². The molecule has 0 amide bonds. The summed E-state index contributed by atoms with van der Waals surface area (Å²) in [5.41, 5.74) is 0.400. The van der Waals surface area contributed by atoms with Crippen molar-refractivity contribution in [2.75, 3.05) is 5.32 Å². The third-order valence-corrected chi connectivity index (χ3v) is 2.86. The van der Waals surface area contributed by atoms with Gasteiger partial charge in [-0.15, -0.1) is 0 Å². The van der Waals surface area contributed by atoms with Gasteiger partial charge in [0.05, 0.1) is 16.8 Å². The van der Waals surface area contributed by atoms with Gasteiger partial charge in [0.15, 0.2) is 0 Å². The molecular weight excluding hydrogens is 279 g/mol. The molecule has 0 bridgehead atoms. The summed E-state index contributed by atoms with van der Waals surface area (Å²) in [7, 11) is 1.77. The normalized spacial score (nSPS) is 11.6. The van der Waals surface area contributed by atoms with E-state index in [-0.39, 0.29) is 5.02 Å². The molecule has 2 aromatic rings. The largest absolute Gasteiger partial charge is 0.417 e. The van der Waals surface area contributed by atoms with Gasteiger partial charge in [-0.25, -0.2) is 0 Å². The number of hydrogen-bond acceptors (Lipinski definition) is 2. The zero-order valence-electron chi connectivity index (χ0n) is 10.0. The molecule has 3 nitrogen and oxygen atoms in total. The molecule has 1 N–H and O–H groups in total. The summed E-state index contributed by atoms with van der Waals surface area (Å²) in [6.45, 7) is 0.396. The van der Waals surface area contributed by atoms with E-state index < -0.39 is 11.7 Å². The highest BCUT2D eigenvalue weighted by Crippen LogP contribution is 2.36. The predicted octanol–water partition coefficient (Wildman–Crippen LogP) is 3.70. The van der Waals surface area contributed by atoms with E-state index in [0.717, 1.165) is 11.6 Å². The third-order valence-electron chi connectivity index (χ3n) is 2.53. The first-order chi connectivity index (χ1) is 8.86. The summed E-state index contributed by atoms with van der Waals surface area (Å²) >= 11 is 5.54. The van der Waals surface area contributed by atoms with Gasteiger partial charge in [0.2, 0.25) is 0 Å². The van der Waals surface area contributed by atoms with Crippen LogP contribution in [0.5, 0.6) is 0 Å². The number of hydrogen-bond donors (Lipinski definition) is 1. The second-order valence-electron chi connectivity index (χ2n) is 4.07. The first-order valence-corrected chi connectivity index (χ1v) is 5.82. The maximum absolute atomic E-state index is 12.7. The van der Waals surface area contributed by atoms with Crippen molar-refractivity contribution in [1.29, 1.82) is 0 Å². The Balaban J connectivity index is 2.13. The maximum Gasteiger partial charge on any atom is 0.417 e. The smallest absolute Gasteiger partial charge is 0.381 e. The van der Waals surface area contributed by atoms with Crippen molar-refractivity contribution < 1.29 is 13.2 Å². The average molecular weight is 290 g/mol. The van der Waals surface area contributed by atoms with Crippen molar-refractivity contribution in [2.24, 2.45) is 7.05 Å². The summed E-state index contributed by atoms with van der Waals surface area (Å²) in [5.74, 6) is 0.